The van der Waals surface area contributed by atoms with Crippen molar-refractivity contribution in [3.8, 4) is 0 Å². The number of nitrogens with one attached hydrogen (secondary N) is 2. The topological polar surface area (TPSA) is 109 Å². The average molecular weight is 509 g/mol. The highest BCUT2D eigenvalue weighted by Gasteiger charge is 2.25. The molecule has 194 valence electrons. The summed E-state index contributed by atoms with van der Waals surface area (Å²) in [5, 5.41) is 2.65. The first-order valence-corrected chi connectivity index (χ1v) is 13.4. The van der Waals surface area contributed by atoms with Crippen LogP contribution >= 0.6 is 10.6 Å². The first-order valence-electron chi connectivity index (χ1n) is 11.5. The molecule has 2 heterocycles. The monoisotopic (exact) mass is 508 g/mol. The van der Waals surface area contributed by atoms with E-state index in [4.69, 9.17) is 0 Å². The first-order chi connectivity index (χ1) is 16.4. The number of amides is 2. The van der Waals surface area contributed by atoms with E-state index in [-0.39, 0.29) is 23.0 Å². The van der Waals surface area contributed by atoms with Gasteiger partial charge in [-0.1, -0.05) is 18.2 Å². The zero-order valence-electron chi connectivity index (χ0n) is 21.1. The number of carbonyl (C=O) groups excluding carboxylic acids is 2. The summed E-state index contributed by atoms with van der Waals surface area (Å²) in [6.45, 7) is 9.64. The van der Waals surface area contributed by atoms with Crippen molar-refractivity contribution in [2.75, 3.05) is 44.7 Å². The highest BCUT2D eigenvalue weighted by Crippen LogP contribution is 2.38. The van der Waals surface area contributed by atoms with Crippen LogP contribution in [0, 0.1) is 13.8 Å². The van der Waals surface area contributed by atoms with Gasteiger partial charge in [0.2, 0.25) is 0 Å². The van der Waals surface area contributed by atoms with Gasteiger partial charge in [0.15, 0.2) is 0 Å². The summed E-state index contributed by atoms with van der Waals surface area (Å²) in [5.41, 5.74) is 2.94. The van der Waals surface area contributed by atoms with Gasteiger partial charge in [0.25, 0.3) is 11.8 Å². The molecule has 0 bridgehead atoms. The number of carbonyl (C=O) groups is 2. The molecular formula is C25H37FN4O4S. The normalized spacial score (nSPS) is 17.0. The third kappa shape index (κ3) is 8.50. The lowest BCUT2D eigenvalue weighted by Gasteiger charge is -2.32. The van der Waals surface area contributed by atoms with Crippen LogP contribution in [0.3, 0.4) is 0 Å². The number of rotatable bonds is 9. The molecule has 1 aromatic rings. The third-order valence-electron chi connectivity index (χ3n) is 5.72. The number of likely N-dealkylation sites (N-methyl/N-ethyl adjacent to an activating group) is 1. The second-order valence-electron chi connectivity index (χ2n) is 8.66. The maximum atomic E-state index is 13.2. The van der Waals surface area contributed by atoms with Crippen LogP contribution in [-0.4, -0.2) is 80.4 Å². The maximum absolute atomic E-state index is 13.2. The number of H-pyrrole nitrogens is 1. The van der Waals surface area contributed by atoms with E-state index in [1.165, 1.54) is 25.3 Å². The Labute approximate surface area is 208 Å². The molecule has 1 aliphatic rings. The molecule has 1 aromatic heterocycles. The largest absolute Gasteiger partial charge is 0.358 e. The Kier molecular flexibility index (Phi) is 10.5. The van der Waals surface area contributed by atoms with Crippen molar-refractivity contribution in [2.45, 2.75) is 27.7 Å². The van der Waals surface area contributed by atoms with E-state index in [0.29, 0.717) is 24.3 Å². The Morgan fingerprint density at radius 1 is 1.17 bits per heavy atom. The number of allylic oxidation sites excluding steroid dienone is 2. The third-order valence-corrected chi connectivity index (χ3v) is 7.14. The lowest BCUT2D eigenvalue weighted by Crippen LogP contribution is -2.47. The van der Waals surface area contributed by atoms with Crippen molar-refractivity contribution in [1.82, 2.24) is 20.1 Å². The molecule has 8 nitrogen and oxygen atoms in total. The van der Waals surface area contributed by atoms with Crippen LogP contribution in [0.4, 0.5) is 4.39 Å². The number of aromatic nitrogens is 1. The van der Waals surface area contributed by atoms with E-state index in [1.807, 2.05) is 25.8 Å². The van der Waals surface area contributed by atoms with Gasteiger partial charge in [0.05, 0.1) is 22.9 Å². The summed E-state index contributed by atoms with van der Waals surface area (Å²) in [4.78, 5) is 33.2. The van der Waals surface area contributed by atoms with Gasteiger partial charge < -0.3 is 20.1 Å². The zero-order valence-corrected chi connectivity index (χ0v) is 21.9. The van der Waals surface area contributed by atoms with Crippen LogP contribution in [0.1, 0.15) is 41.2 Å². The second-order valence-corrected chi connectivity index (χ2v) is 10.9. The Balaban J connectivity index is 2.32. The SMILES string of the molecule is C/C=C/NC(=O)C(=C\c1[nH]c(C)c(C(=O)N2CCN(C)CC2)c1C)/C=C/CS(O)(O)C/C=C(/C)F. The van der Waals surface area contributed by atoms with E-state index in [2.05, 4.69) is 15.2 Å². The molecule has 0 saturated carbocycles. The summed E-state index contributed by atoms with van der Waals surface area (Å²) in [6.07, 6.45) is 8.92. The number of aryl methyl sites for hydroxylation is 1. The van der Waals surface area contributed by atoms with Crippen molar-refractivity contribution in [2.24, 2.45) is 0 Å². The van der Waals surface area contributed by atoms with E-state index >= 15 is 0 Å². The second kappa shape index (κ2) is 12.9. The number of halogens is 1. The number of piperazine rings is 1. The van der Waals surface area contributed by atoms with E-state index in [1.54, 1.807) is 19.1 Å². The molecule has 1 fully saturated rings. The van der Waals surface area contributed by atoms with Crippen LogP contribution < -0.4 is 5.32 Å². The fourth-order valence-corrected chi connectivity index (χ4v) is 4.68. The first kappa shape index (κ1) is 28.6. The van der Waals surface area contributed by atoms with Crippen LogP contribution in [0.5, 0.6) is 0 Å². The molecule has 0 spiro atoms. The van der Waals surface area contributed by atoms with Gasteiger partial charge in [0.1, 0.15) is 0 Å². The van der Waals surface area contributed by atoms with Crippen molar-refractivity contribution in [3.05, 3.63) is 64.4 Å². The van der Waals surface area contributed by atoms with Crippen LogP contribution in [-0.2, 0) is 4.79 Å². The summed E-state index contributed by atoms with van der Waals surface area (Å²) < 4.78 is 33.2. The minimum atomic E-state index is -3.06. The fraction of sp³-hybridized carbons (Fsp3) is 0.440. The standard InChI is InChI=1S/C25H37FN4O4S/c1-6-10-27-24(31)21(8-7-15-35(33,34)16-9-18(2)26)17-22-19(3)23(20(4)28-22)25(32)30-13-11-29(5)12-14-30/h6-10,17,28,33-34H,11-16H2,1-5H3,(H,27,31)/b8-7+,10-6+,18-9-,21-17-. The zero-order chi connectivity index (χ0) is 26.2. The minimum Gasteiger partial charge on any atom is -0.358 e. The van der Waals surface area contributed by atoms with Crippen LogP contribution in [0.15, 0.2) is 41.9 Å². The lowest BCUT2D eigenvalue weighted by atomic mass is 10.1. The summed E-state index contributed by atoms with van der Waals surface area (Å²) >= 11 is 0. The number of hydrogen-bond acceptors (Lipinski definition) is 5. The van der Waals surface area contributed by atoms with Crippen LogP contribution in [0.25, 0.3) is 6.08 Å². The Morgan fingerprint density at radius 2 is 1.83 bits per heavy atom. The van der Waals surface area contributed by atoms with Gasteiger partial charge in [0, 0.05) is 43.1 Å². The van der Waals surface area contributed by atoms with E-state index < -0.39 is 22.3 Å². The van der Waals surface area contributed by atoms with Crippen molar-refractivity contribution in [1.29, 1.82) is 0 Å². The molecule has 10 heteroatoms. The maximum Gasteiger partial charge on any atom is 0.256 e. The molecule has 4 N–H and O–H groups in total. The van der Waals surface area contributed by atoms with E-state index in [9.17, 15) is 23.1 Å². The molecule has 1 aliphatic heterocycles. The summed E-state index contributed by atoms with van der Waals surface area (Å²) in [6, 6.07) is 0. The molecule has 0 radical (unpaired) electrons. The molecular weight excluding hydrogens is 471 g/mol. The summed E-state index contributed by atoms with van der Waals surface area (Å²) in [7, 11) is -1.03. The van der Waals surface area contributed by atoms with Gasteiger partial charge in [-0.3, -0.25) is 18.7 Å². The Morgan fingerprint density at radius 3 is 2.43 bits per heavy atom. The smallest absolute Gasteiger partial charge is 0.256 e. The number of hydrogen-bond donors (Lipinski definition) is 4. The fourth-order valence-electron chi connectivity index (χ4n) is 3.64. The van der Waals surface area contributed by atoms with Gasteiger partial charge in [-0.15, -0.1) is 0 Å². The average Bonchev–Trinajstić information content (AvgIpc) is 3.08. The molecule has 1 saturated heterocycles. The highest BCUT2D eigenvalue weighted by atomic mass is 32.3. The van der Waals surface area contributed by atoms with Crippen LogP contribution in [0.2, 0.25) is 0 Å². The predicted octanol–water partition coefficient (Wildman–Crippen LogP) is 4.23. The number of nitrogens with zero attached hydrogens (tertiary/aromatic N) is 2. The summed E-state index contributed by atoms with van der Waals surface area (Å²) in [5.74, 6) is -1.24. The quantitative estimate of drug-likeness (QED) is 0.295. The van der Waals surface area contributed by atoms with Gasteiger partial charge in [-0.25, -0.2) is 4.39 Å². The number of aromatic amines is 1. The molecule has 0 aromatic carbocycles. The molecule has 0 atom stereocenters. The Bertz CT molecular complexity index is 1030. The van der Waals surface area contributed by atoms with E-state index in [0.717, 1.165) is 30.4 Å². The van der Waals surface area contributed by atoms with Gasteiger partial charge in [-0.05, 0) is 58.7 Å². The van der Waals surface area contributed by atoms with Crippen molar-refractivity contribution < 1.29 is 23.1 Å². The molecule has 35 heavy (non-hydrogen) atoms. The molecule has 2 rings (SSSR count). The van der Waals surface area contributed by atoms with Gasteiger partial charge >= 0.3 is 0 Å². The highest BCUT2D eigenvalue weighted by molar-refractivity contribution is 8.24. The Hall–Kier alpha value is -2.66. The van der Waals surface area contributed by atoms with Gasteiger partial charge in [-0.2, -0.15) is 10.6 Å². The minimum absolute atomic E-state index is 0.0374. The van der Waals surface area contributed by atoms with Crippen molar-refractivity contribution >= 4 is 28.5 Å². The van der Waals surface area contributed by atoms with Crippen molar-refractivity contribution in [3.63, 3.8) is 0 Å². The molecule has 2 amide bonds. The molecule has 0 unspecified atom stereocenters. The predicted molar refractivity (Wildman–Crippen MR) is 141 cm³/mol. The lowest BCUT2D eigenvalue weighted by molar-refractivity contribution is -0.116. The molecule has 0 aliphatic carbocycles.